The lowest BCUT2D eigenvalue weighted by Gasteiger charge is -2.24. The number of sulfonamides is 1. The predicted octanol–water partition coefficient (Wildman–Crippen LogP) is 2.93. The van der Waals surface area contributed by atoms with E-state index in [9.17, 15) is 12.8 Å². The standard InChI is InChI=1S/C15H17FN2O2S/c1-3-18(14-8-6-13(17)7-9-14)21(19,20)15-10-12(16)5-4-11(15)2/h4-10H,3,17H2,1-2H3. The zero-order valence-corrected chi connectivity index (χ0v) is 12.7. The molecule has 0 fully saturated rings. The summed E-state index contributed by atoms with van der Waals surface area (Å²) < 4.78 is 40.1. The summed E-state index contributed by atoms with van der Waals surface area (Å²) in [6.07, 6.45) is 0. The third-order valence-corrected chi connectivity index (χ3v) is 5.23. The SMILES string of the molecule is CCN(c1ccc(N)cc1)S(=O)(=O)c1cc(F)ccc1C. The van der Waals surface area contributed by atoms with Crippen LogP contribution in [0.4, 0.5) is 15.8 Å². The van der Waals surface area contributed by atoms with Crippen LogP contribution in [0.15, 0.2) is 47.4 Å². The van der Waals surface area contributed by atoms with E-state index < -0.39 is 15.8 Å². The molecule has 112 valence electrons. The summed E-state index contributed by atoms with van der Waals surface area (Å²) in [6, 6.07) is 10.3. The summed E-state index contributed by atoms with van der Waals surface area (Å²) in [5.41, 5.74) is 7.17. The van der Waals surface area contributed by atoms with Gasteiger partial charge in [-0.25, -0.2) is 12.8 Å². The number of aryl methyl sites for hydroxylation is 1. The molecule has 6 heteroatoms. The molecular weight excluding hydrogens is 291 g/mol. The predicted molar refractivity (Wildman–Crippen MR) is 82.2 cm³/mol. The molecule has 0 unspecified atom stereocenters. The summed E-state index contributed by atoms with van der Waals surface area (Å²) >= 11 is 0. The van der Waals surface area contributed by atoms with Gasteiger partial charge >= 0.3 is 0 Å². The zero-order valence-electron chi connectivity index (χ0n) is 11.9. The highest BCUT2D eigenvalue weighted by molar-refractivity contribution is 7.92. The van der Waals surface area contributed by atoms with E-state index in [2.05, 4.69) is 0 Å². The molecule has 2 rings (SSSR count). The molecule has 0 amide bonds. The number of benzene rings is 2. The van der Waals surface area contributed by atoms with Crippen molar-refractivity contribution in [2.45, 2.75) is 18.7 Å². The lowest BCUT2D eigenvalue weighted by molar-refractivity contribution is 0.586. The van der Waals surface area contributed by atoms with Crippen molar-refractivity contribution in [3.63, 3.8) is 0 Å². The van der Waals surface area contributed by atoms with E-state index in [-0.39, 0.29) is 11.4 Å². The minimum Gasteiger partial charge on any atom is -0.399 e. The van der Waals surface area contributed by atoms with Gasteiger partial charge in [0.25, 0.3) is 10.0 Å². The van der Waals surface area contributed by atoms with Crippen LogP contribution < -0.4 is 10.0 Å². The van der Waals surface area contributed by atoms with Crippen LogP contribution in [0.3, 0.4) is 0 Å². The minimum absolute atomic E-state index is 0.0267. The summed E-state index contributed by atoms with van der Waals surface area (Å²) in [6.45, 7) is 3.61. The highest BCUT2D eigenvalue weighted by Crippen LogP contribution is 2.26. The molecule has 0 saturated heterocycles. The molecule has 0 radical (unpaired) electrons. The number of nitrogen functional groups attached to an aromatic ring is 1. The Morgan fingerprint density at radius 1 is 1.14 bits per heavy atom. The molecule has 0 aliphatic rings. The van der Waals surface area contributed by atoms with E-state index in [0.717, 1.165) is 6.07 Å². The van der Waals surface area contributed by atoms with E-state index >= 15 is 0 Å². The molecule has 0 aromatic heterocycles. The number of hydrogen-bond donors (Lipinski definition) is 1. The van der Waals surface area contributed by atoms with Gasteiger partial charge in [-0.1, -0.05) is 6.07 Å². The third kappa shape index (κ3) is 3.00. The molecule has 2 aromatic carbocycles. The molecule has 0 atom stereocenters. The van der Waals surface area contributed by atoms with Gasteiger partial charge < -0.3 is 5.73 Å². The lowest BCUT2D eigenvalue weighted by Crippen LogP contribution is -2.31. The van der Waals surface area contributed by atoms with Crippen molar-refractivity contribution in [2.24, 2.45) is 0 Å². The molecule has 0 heterocycles. The number of nitrogens with zero attached hydrogens (tertiary/aromatic N) is 1. The first-order chi connectivity index (χ1) is 9.86. The number of anilines is 2. The average Bonchev–Trinajstić information content (AvgIpc) is 2.44. The van der Waals surface area contributed by atoms with Gasteiger partial charge in [-0.05, 0) is 55.8 Å². The van der Waals surface area contributed by atoms with Crippen LogP contribution >= 0.6 is 0 Å². The Labute approximate surface area is 124 Å². The van der Waals surface area contributed by atoms with Gasteiger partial charge in [0.1, 0.15) is 5.82 Å². The maximum absolute atomic E-state index is 13.4. The van der Waals surface area contributed by atoms with E-state index in [1.54, 1.807) is 38.1 Å². The van der Waals surface area contributed by atoms with Crippen molar-refractivity contribution in [1.29, 1.82) is 0 Å². The monoisotopic (exact) mass is 308 g/mol. The maximum Gasteiger partial charge on any atom is 0.264 e. The highest BCUT2D eigenvalue weighted by atomic mass is 32.2. The van der Waals surface area contributed by atoms with Gasteiger partial charge in [-0.15, -0.1) is 0 Å². The molecule has 0 spiro atoms. The Kier molecular flexibility index (Phi) is 4.18. The van der Waals surface area contributed by atoms with E-state index in [4.69, 9.17) is 5.73 Å². The minimum atomic E-state index is -3.82. The Morgan fingerprint density at radius 2 is 1.76 bits per heavy atom. The summed E-state index contributed by atoms with van der Waals surface area (Å²) in [7, 11) is -3.82. The van der Waals surface area contributed by atoms with Crippen LogP contribution in [-0.4, -0.2) is 15.0 Å². The average molecular weight is 308 g/mol. The molecule has 0 saturated carbocycles. The summed E-state index contributed by atoms with van der Waals surface area (Å²) in [4.78, 5) is -0.0267. The van der Waals surface area contributed by atoms with Gasteiger partial charge in [0, 0.05) is 12.2 Å². The number of nitrogens with two attached hydrogens (primary N) is 1. The molecule has 4 nitrogen and oxygen atoms in total. The molecule has 0 bridgehead atoms. The highest BCUT2D eigenvalue weighted by Gasteiger charge is 2.25. The van der Waals surface area contributed by atoms with Crippen LogP contribution in [0, 0.1) is 12.7 Å². The first-order valence-corrected chi connectivity index (χ1v) is 7.94. The number of halogens is 1. The molecule has 0 aliphatic heterocycles. The fourth-order valence-electron chi connectivity index (χ4n) is 2.10. The lowest BCUT2D eigenvalue weighted by atomic mass is 10.2. The van der Waals surface area contributed by atoms with Crippen molar-refractivity contribution >= 4 is 21.4 Å². The molecule has 21 heavy (non-hydrogen) atoms. The van der Waals surface area contributed by atoms with Crippen LogP contribution in [0.5, 0.6) is 0 Å². The van der Waals surface area contributed by atoms with Gasteiger partial charge in [0.15, 0.2) is 0 Å². The van der Waals surface area contributed by atoms with Crippen molar-refractivity contribution < 1.29 is 12.8 Å². The number of rotatable bonds is 4. The maximum atomic E-state index is 13.4. The topological polar surface area (TPSA) is 63.4 Å². The van der Waals surface area contributed by atoms with Gasteiger partial charge in [-0.2, -0.15) is 0 Å². The fraction of sp³-hybridized carbons (Fsp3) is 0.200. The smallest absolute Gasteiger partial charge is 0.264 e. The Hall–Kier alpha value is -2.08. The molecule has 0 aliphatic carbocycles. The van der Waals surface area contributed by atoms with Gasteiger partial charge in [0.2, 0.25) is 0 Å². The van der Waals surface area contributed by atoms with Gasteiger partial charge in [0.05, 0.1) is 10.6 Å². The second kappa shape index (κ2) is 5.73. The van der Waals surface area contributed by atoms with Crippen LogP contribution in [0.1, 0.15) is 12.5 Å². The normalized spacial score (nSPS) is 11.4. The van der Waals surface area contributed by atoms with Gasteiger partial charge in [-0.3, -0.25) is 4.31 Å². The molecule has 2 aromatic rings. The summed E-state index contributed by atoms with van der Waals surface area (Å²) in [5.74, 6) is -0.576. The summed E-state index contributed by atoms with van der Waals surface area (Å²) in [5, 5.41) is 0. The zero-order chi connectivity index (χ0) is 15.6. The second-order valence-electron chi connectivity index (χ2n) is 4.67. The van der Waals surface area contributed by atoms with Crippen molar-refractivity contribution in [1.82, 2.24) is 0 Å². The number of hydrogen-bond acceptors (Lipinski definition) is 3. The van der Waals surface area contributed by atoms with E-state index in [0.29, 0.717) is 16.9 Å². The Balaban J connectivity index is 2.54. The molecular formula is C15H17FN2O2S. The largest absolute Gasteiger partial charge is 0.399 e. The Morgan fingerprint density at radius 3 is 2.33 bits per heavy atom. The molecule has 2 N–H and O–H groups in total. The second-order valence-corrected chi connectivity index (χ2v) is 6.50. The van der Waals surface area contributed by atoms with Crippen LogP contribution in [0.25, 0.3) is 0 Å². The van der Waals surface area contributed by atoms with Crippen molar-refractivity contribution in [3.05, 3.63) is 53.8 Å². The first kappa shape index (κ1) is 15.3. The quantitative estimate of drug-likeness (QED) is 0.883. The van der Waals surface area contributed by atoms with Crippen LogP contribution in [0.2, 0.25) is 0 Å². The van der Waals surface area contributed by atoms with E-state index in [1.807, 2.05) is 0 Å². The fourth-order valence-corrected chi connectivity index (χ4v) is 3.82. The first-order valence-electron chi connectivity index (χ1n) is 6.50. The van der Waals surface area contributed by atoms with Crippen LogP contribution in [-0.2, 0) is 10.0 Å². The third-order valence-electron chi connectivity index (χ3n) is 3.19. The van der Waals surface area contributed by atoms with Crippen molar-refractivity contribution in [2.75, 3.05) is 16.6 Å². The van der Waals surface area contributed by atoms with Crippen molar-refractivity contribution in [3.8, 4) is 0 Å². The Bertz CT molecular complexity index is 743. The van der Waals surface area contributed by atoms with E-state index in [1.165, 1.54) is 16.4 Å².